The molecule has 3 unspecified atom stereocenters. The lowest BCUT2D eigenvalue weighted by atomic mass is 9.88. The van der Waals surface area contributed by atoms with Gasteiger partial charge < -0.3 is 5.32 Å². The maximum absolute atomic E-state index is 12.5. The second-order valence-electron chi connectivity index (χ2n) is 7.08. The molecule has 28 heavy (non-hydrogen) atoms. The number of aromatic amines is 1. The van der Waals surface area contributed by atoms with Crippen molar-refractivity contribution < 1.29 is 13.2 Å². The molecule has 2 aliphatic rings. The zero-order valence-corrected chi connectivity index (χ0v) is 16.5. The summed E-state index contributed by atoms with van der Waals surface area (Å²) in [5.41, 5.74) is 1.32. The molecule has 2 aliphatic heterocycles. The molecular weight excluding hydrogens is 402 g/mol. The van der Waals surface area contributed by atoms with Crippen LogP contribution < -0.4 is 10.0 Å². The van der Waals surface area contributed by atoms with Crippen molar-refractivity contribution in [3.8, 4) is 0 Å². The maximum Gasteiger partial charge on any atom is 0.294 e. The fourth-order valence-corrected chi connectivity index (χ4v) is 5.25. The number of hydrogen-bond donors (Lipinski definition) is 3. The minimum Gasteiger partial charge on any atom is -0.312 e. The monoisotopic (exact) mass is 421 g/mol. The van der Waals surface area contributed by atoms with Crippen molar-refractivity contribution in [1.29, 1.82) is 0 Å². The molecular formula is C18H20ClN5O3S. The highest BCUT2D eigenvalue weighted by Crippen LogP contribution is 2.28. The van der Waals surface area contributed by atoms with Gasteiger partial charge in [0.1, 0.15) is 5.69 Å². The van der Waals surface area contributed by atoms with E-state index in [1.165, 1.54) is 12.1 Å². The Labute approximate surface area is 167 Å². The van der Waals surface area contributed by atoms with E-state index in [0.717, 1.165) is 24.8 Å². The first-order valence-electron chi connectivity index (χ1n) is 9.05. The van der Waals surface area contributed by atoms with Gasteiger partial charge >= 0.3 is 0 Å². The minimum atomic E-state index is -3.61. The van der Waals surface area contributed by atoms with Gasteiger partial charge in [-0.15, -0.1) is 0 Å². The zero-order valence-electron chi connectivity index (χ0n) is 14.9. The van der Waals surface area contributed by atoms with Crippen LogP contribution in [0, 0.1) is 0 Å². The fourth-order valence-electron chi connectivity index (χ4n) is 3.68. The predicted octanol–water partition coefficient (Wildman–Crippen LogP) is 1.86. The van der Waals surface area contributed by atoms with E-state index < -0.39 is 10.0 Å². The third kappa shape index (κ3) is 4.02. The van der Waals surface area contributed by atoms with Gasteiger partial charge in [0.2, 0.25) is 10.0 Å². The lowest BCUT2D eigenvalue weighted by Crippen LogP contribution is -2.49. The van der Waals surface area contributed by atoms with Gasteiger partial charge in [0.25, 0.3) is 5.91 Å². The van der Waals surface area contributed by atoms with Crippen LogP contribution in [0.2, 0.25) is 5.02 Å². The summed E-state index contributed by atoms with van der Waals surface area (Å²) in [6.07, 6.45) is 5.66. The summed E-state index contributed by atoms with van der Waals surface area (Å²) in [5, 5.41) is 10.5. The van der Waals surface area contributed by atoms with E-state index >= 15 is 0 Å². The highest BCUT2D eigenvalue weighted by Gasteiger charge is 2.30. The number of benzene rings is 1. The van der Waals surface area contributed by atoms with Crippen LogP contribution in [0.25, 0.3) is 0 Å². The van der Waals surface area contributed by atoms with E-state index in [1.807, 2.05) is 0 Å². The molecule has 10 heteroatoms. The molecule has 2 aromatic rings. The fraction of sp³-hybridized carbons (Fsp3) is 0.389. The van der Waals surface area contributed by atoms with Crippen molar-refractivity contribution >= 4 is 33.7 Å². The van der Waals surface area contributed by atoms with Gasteiger partial charge in [0.05, 0.1) is 11.1 Å². The summed E-state index contributed by atoms with van der Waals surface area (Å²) in [6, 6.07) is 6.24. The van der Waals surface area contributed by atoms with Crippen LogP contribution in [0.4, 0.5) is 0 Å². The second kappa shape index (κ2) is 7.75. The number of carbonyl (C=O) groups is 1. The average Bonchev–Trinajstić information content (AvgIpc) is 3.16. The van der Waals surface area contributed by atoms with Crippen molar-refractivity contribution in [2.75, 3.05) is 6.54 Å². The molecule has 0 aliphatic carbocycles. The molecule has 1 amide bonds. The Morgan fingerprint density at radius 1 is 1.29 bits per heavy atom. The Kier molecular flexibility index (Phi) is 5.33. The number of piperidine rings is 1. The van der Waals surface area contributed by atoms with E-state index in [4.69, 9.17) is 11.6 Å². The van der Waals surface area contributed by atoms with Crippen LogP contribution in [0.15, 0.2) is 40.4 Å². The summed E-state index contributed by atoms with van der Waals surface area (Å²) >= 11 is 5.90. The van der Waals surface area contributed by atoms with Crippen LogP contribution in [0.1, 0.15) is 41.2 Å². The molecule has 3 atom stereocenters. The van der Waals surface area contributed by atoms with Gasteiger partial charge in [-0.25, -0.2) is 18.1 Å². The molecule has 4 rings (SSSR count). The summed E-state index contributed by atoms with van der Waals surface area (Å²) < 4.78 is 27.8. The normalized spacial score (nSPS) is 24.9. The number of halogens is 1. The van der Waals surface area contributed by atoms with E-state index in [2.05, 4.69) is 25.2 Å². The van der Waals surface area contributed by atoms with Gasteiger partial charge in [-0.2, -0.15) is 5.10 Å². The van der Waals surface area contributed by atoms with Gasteiger partial charge in [0, 0.05) is 41.3 Å². The number of rotatable bonds is 5. The molecule has 3 N–H and O–H groups in total. The Bertz CT molecular complexity index is 1010. The van der Waals surface area contributed by atoms with Gasteiger partial charge in [0.15, 0.2) is 0 Å². The van der Waals surface area contributed by atoms with Gasteiger partial charge in [-0.1, -0.05) is 17.7 Å². The van der Waals surface area contributed by atoms with Crippen molar-refractivity contribution in [2.24, 2.45) is 4.99 Å². The topological polar surface area (TPSA) is 116 Å². The smallest absolute Gasteiger partial charge is 0.294 e. The molecule has 148 valence electrons. The molecule has 1 saturated heterocycles. The van der Waals surface area contributed by atoms with Crippen molar-refractivity contribution in [3.05, 3.63) is 46.7 Å². The SMILES string of the molecule is O=C1N=CC(CC2CCC(NS(=O)(=O)c3cccc(Cl)c3)CN2)c2cn[nH]c21. The Hall–Kier alpha value is -2.07. The first-order chi connectivity index (χ1) is 13.4. The molecule has 0 spiro atoms. The second-order valence-corrected chi connectivity index (χ2v) is 9.23. The Morgan fingerprint density at radius 2 is 2.14 bits per heavy atom. The number of aliphatic imine (C=N–C) groups is 1. The average molecular weight is 422 g/mol. The number of nitrogens with one attached hydrogen (secondary N) is 3. The number of sulfonamides is 1. The van der Waals surface area contributed by atoms with Crippen molar-refractivity contribution in [2.45, 2.75) is 42.2 Å². The standard InChI is InChI=1S/C18H20ClN5O3S/c19-12-2-1-3-15(7-12)28(26,27)24-14-5-4-13(20-9-14)6-11-8-21-18(25)17-16(11)10-22-23-17/h1-3,7-8,10-11,13-14,20,24H,4-6,9H2,(H,22,23). The number of aromatic nitrogens is 2. The highest BCUT2D eigenvalue weighted by molar-refractivity contribution is 7.89. The largest absolute Gasteiger partial charge is 0.312 e. The quantitative estimate of drug-likeness (QED) is 0.681. The number of fused-ring (bicyclic) bond motifs is 1. The Morgan fingerprint density at radius 3 is 2.89 bits per heavy atom. The third-order valence-corrected chi connectivity index (χ3v) is 6.89. The number of carbonyl (C=O) groups excluding carboxylic acids is 1. The van der Waals surface area contributed by atoms with E-state index in [9.17, 15) is 13.2 Å². The van der Waals surface area contributed by atoms with Crippen molar-refractivity contribution in [1.82, 2.24) is 20.2 Å². The third-order valence-electron chi connectivity index (χ3n) is 5.14. The predicted molar refractivity (Wildman–Crippen MR) is 105 cm³/mol. The van der Waals surface area contributed by atoms with Crippen LogP contribution in [0.3, 0.4) is 0 Å². The van der Waals surface area contributed by atoms with Gasteiger partial charge in [-0.3, -0.25) is 9.89 Å². The number of amides is 1. The molecule has 0 radical (unpaired) electrons. The number of H-pyrrole nitrogens is 1. The molecule has 0 bridgehead atoms. The molecule has 3 heterocycles. The first kappa shape index (κ1) is 19.3. The molecule has 0 saturated carbocycles. The van der Waals surface area contributed by atoms with E-state index in [-0.39, 0.29) is 28.8 Å². The zero-order chi connectivity index (χ0) is 19.7. The van der Waals surface area contributed by atoms with Crippen LogP contribution >= 0.6 is 11.6 Å². The van der Waals surface area contributed by atoms with Crippen molar-refractivity contribution in [3.63, 3.8) is 0 Å². The number of nitrogens with zero attached hydrogens (tertiary/aromatic N) is 2. The summed E-state index contributed by atoms with van der Waals surface area (Å²) in [7, 11) is -3.61. The van der Waals surface area contributed by atoms with Crippen LogP contribution in [-0.4, -0.2) is 49.4 Å². The van der Waals surface area contributed by atoms with Crippen LogP contribution in [-0.2, 0) is 10.0 Å². The van der Waals surface area contributed by atoms with Gasteiger partial charge in [-0.05, 0) is 37.5 Å². The lowest BCUT2D eigenvalue weighted by molar-refractivity contribution is 0.0994. The lowest BCUT2D eigenvalue weighted by Gasteiger charge is -2.32. The van der Waals surface area contributed by atoms with E-state index in [0.29, 0.717) is 17.3 Å². The highest BCUT2D eigenvalue weighted by atomic mass is 35.5. The molecule has 1 aromatic heterocycles. The first-order valence-corrected chi connectivity index (χ1v) is 10.9. The molecule has 8 nitrogen and oxygen atoms in total. The molecule has 1 fully saturated rings. The number of hydrogen-bond acceptors (Lipinski definition) is 5. The summed E-state index contributed by atoms with van der Waals surface area (Å²) in [6.45, 7) is 0.533. The summed E-state index contributed by atoms with van der Waals surface area (Å²) in [5.74, 6) is -0.278. The Balaban J connectivity index is 1.34. The maximum atomic E-state index is 12.5. The minimum absolute atomic E-state index is 0.0173. The molecule has 1 aromatic carbocycles. The van der Waals surface area contributed by atoms with Crippen LogP contribution in [0.5, 0.6) is 0 Å². The summed E-state index contributed by atoms with van der Waals surface area (Å²) in [4.78, 5) is 15.8. The van der Waals surface area contributed by atoms with E-state index in [1.54, 1.807) is 24.5 Å².